The van der Waals surface area contributed by atoms with E-state index < -0.39 is 11.2 Å². The molecule has 1 N–H and O–H groups in total. The Labute approximate surface area is 166 Å². The number of hydrogen-bond acceptors (Lipinski definition) is 6. The Bertz CT molecular complexity index is 1030. The van der Waals surface area contributed by atoms with E-state index in [1.165, 1.54) is 29.8 Å². The van der Waals surface area contributed by atoms with Gasteiger partial charge >= 0.3 is 5.69 Å². The Morgan fingerprint density at radius 3 is 2.46 bits per heavy atom. The fourth-order valence-electron chi connectivity index (χ4n) is 3.72. The lowest BCUT2D eigenvalue weighted by Crippen LogP contribution is -2.38. The van der Waals surface area contributed by atoms with Crippen molar-refractivity contribution in [3.8, 4) is 0 Å². The van der Waals surface area contributed by atoms with Crippen LogP contribution in [0.25, 0.3) is 11.0 Å². The number of carbonyl (C=O) groups excluding carboxylic acids is 1. The molecule has 4 rings (SSSR count). The quantitative estimate of drug-likeness (QED) is 0.599. The van der Waals surface area contributed by atoms with E-state index in [2.05, 4.69) is 15.3 Å². The molecule has 2 heterocycles. The third kappa shape index (κ3) is 3.72. The molecule has 0 radical (unpaired) electrons. The summed E-state index contributed by atoms with van der Waals surface area (Å²) in [7, 11) is 3.06. The summed E-state index contributed by atoms with van der Waals surface area (Å²) in [6.45, 7) is 0. The lowest BCUT2D eigenvalue weighted by molar-refractivity contribution is -0.119. The number of aromatic nitrogens is 4. The molecule has 0 spiro atoms. The summed E-state index contributed by atoms with van der Waals surface area (Å²) in [5.74, 6) is 1.09. The smallest absolute Gasteiger partial charge is 0.332 e. The Morgan fingerprint density at radius 1 is 1.07 bits per heavy atom. The number of carbonyl (C=O) groups is 1. The molecule has 2 aromatic heterocycles. The van der Waals surface area contributed by atoms with E-state index in [-0.39, 0.29) is 23.6 Å². The van der Waals surface area contributed by atoms with E-state index in [0.717, 1.165) is 43.1 Å². The Balaban J connectivity index is 1.64. The molecule has 8 nitrogen and oxygen atoms in total. The molecular weight excluding hydrogens is 378 g/mol. The van der Waals surface area contributed by atoms with Crippen molar-refractivity contribution in [2.75, 3.05) is 5.75 Å². The zero-order valence-corrected chi connectivity index (χ0v) is 17.0. The molecule has 0 bridgehead atoms. The maximum absolute atomic E-state index is 12.7. The van der Waals surface area contributed by atoms with Gasteiger partial charge in [0.15, 0.2) is 5.65 Å². The molecule has 2 aliphatic carbocycles. The molecule has 2 saturated carbocycles. The van der Waals surface area contributed by atoms with Gasteiger partial charge in [-0.2, -0.15) is 0 Å². The number of fused-ring (bicyclic) bond motifs is 1. The maximum Gasteiger partial charge on any atom is 0.332 e. The summed E-state index contributed by atoms with van der Waals surface area (Å²) in [4.78, 5) is 46.5. The molecule has 0 unspecified atom stereocenters. The monoisotopic (exact) mass is 403 g/mol. The first-order valence-corrected chi connectivity index (χ1v) is 10.8. The van der Waals surface area contributed by atoms with Gasteiger partial charge in [0.1, 0.15) is 16.2 Å². The van der Waals surface area contributed by atoms with Gasteiger partial charge < -0.3 is 5.32 Å². The highest BCUT2D eigenvalue weighted by Crippen LogP contribution is 2.39. The fraction of sp³-hybridized carbons (Fsp3) is 0.632. The third-order valence-corrected chi connectivity index (χ3v) is 6.51. The number of aryl methyl sites for hydroxylation is 1. The highest BCUT2D eigenvalue weighted by atomic mass is 32.2. The topological polar surface area (TPSA) is 98.9 Å². The molecule has 2 aliphatic rings. The zero-order valence-electron chi connectivity index (χ0n) is 16.2. The van der Waals surface area contributed by atoms with Crippen LogP contribution in [0.3, 0.4) is 0 Å². The SMILES string of the molecule is Cn1c(=O)c2c(SCC(=O)NC3CCCCC3)nc(C3CC3)nc2n(C)c1=O. The van der Waals surface area contributed by atoms with Gasteiger partial charge in [-0.15, -0.1) is 0 Å². The van der Waals surface area contributed by atoms with E-state index >= 15 is 0 Å². The van der Waals surface area contributed by atoms with Gasteiger partial charge in [0.2, 0.25) is 5.91 Å². The van der Waals surface area contributed by atoms with Crippen molar-refractivity contribution in [1.29, 1.82) is 0 Å². The molecule has 9 heteroatoms. The van der Waals surface area contributed by atoms with Crippen LogP contribution in [0.2, 0.25) is 0 Å². The Hall–Kier alpha value is -2.16. The van der Waals surface area contributed by atoms with Gasteiger partial charge in [0.25, 0.3) is 5.56 Å². The first-order chi connectivity index (χ1) is 13.5. The van der Waals surface area contributed by atoms with Crippen molar-refractivity contribution in [3.63, 3.8) is 0 Å². The number of amides is 1. The lowest BCUT2D eigenvalue weighted by Gasteiger charge is -2.22. The van der Waals surface area contributed by atoms with Gasteiger partial charge in [0.05, 0.1) is 5.75 Å². The predicted octanol–water partition coefficient (Wildman–Crippen LogP) is 1.45. The van der Waals surface area contributed by atoms with Crippen LogP contribution in [-0.4, -0.2) is 36.8 Å². The van der Waals surface area contributed by atoms with E-state index in [1.54, 1.807) is 7.05 Å². The molecule has 0 saturated heterocycles. The largest absolute Gasteiger partial charge is 0.353 e. The van der Waals surface area contributed by atoms with Crippen molar-refractivity contribution in [1.82, 2.24) is 24.4 Å². The standard InChI is InChI=1S/C19H25N5O3S/c1-23-16-14(18(26)24(2)19(23)27)17(22-15(21-16)11-8-9-11)28-10-13(25)20-12-6-4-3-5-7-12/h11-12H,3-10H2,1-2H3,(H,20,25). The normalized spacial score (nSPS) is 17.8. The van der Waals surface area contributed by atoms with Gasteiger partial charge in [-0.3, -0.25) is 18.7 Å². The Morgan fingerprint density at radius 2 is 1.79 bits per heavy atom. The number of nitrogens with zero attached hydrogens (tertiary/aromatic N) is 4. The van der Waals surface area contributed by atoms with Crippen molar-refractivity contribution in [2.24, 2.45) is 14.1 Å². The molecule has 28 heavy (non-hydrogen) atoms. The number of rotatable bonds is 5. The van der Waals surface area contributed by atoms with E-state index in [1.807, 2.05) is 0 Å². The number of hydrogen-bond donors (Lipinski definition) is 1. The minimum Gasteiger partial charge on any atom is -0.353 e. The number of thioether (sulfide) groups is 1. The molecule has 1 amide bonds. The lowest BCUT2D eigenvalue weighted by atomic mass is 9.95. The maximum atomic E-state index is 12.7. The predicted molar refractivity (Wildman–Crippen MR) is 108 cm³/mol. The summed E-state index contributed by atoms with van der Waals surface area (Å²) in [6, 6.07) is 0.250. The molecule has 0 atom stereocenters. The minimum atomic E-state index is -0.421. The van der Waals surface area contributed by atoms with Gasteiger partial charge in [-0.25, -0.2) is 14.8 Å². The fourth-order valence-corrected chi connectivity index (χ4v) is 4.56. The first-order valence-electron chi connectivity index (χ1n) is 9.85. The van der Waals surface area contributed by atoms with E-state index in [0.29, 0.717) is 21.9 Å². The van der Waals surface area contributed by atoms with Crippen molar-refractivity contribution in [3.05, 3.63) is 26.7 Å². The van der Waals surface area contributed by atoms with Crippen LogP contribution in [0.4, 0.5) is 0 Å². The van der Waals surface area contributed by atoms with E-state index in [9.17, 15) is 14.4 Å². The average molecular weight is 404 g/mol. The van der Waals surface area contributed by atoms with Gasteiger partial charge in [0, 0.05) is 26.1 Å². The van der Waals surface area contributed by atoms with Crippen LogP contribution in [0.5, 0.6) is 0 Å². The summed E-state index contributed by atoms with van der Waals surface area (Å²) in [6.07, 6.45) is 7.63. The van der Waals surface area contributed by atoms with Crippen LogP contribution in [0.15, 0.2) is 14.6 Å². The van der Waals surface area contributed by atoms with Gasteiger partial charge in [-0.1, -0.05) is 31.0 Å². The van der Waals surface area contributed by atoms with Crippen molar-refractivity contribution >= 4 is 28.7 Å². The Kier molecular flexibility index (Phi) is 5.27. The van der Waals surface area contributed by atoms with Crippen molar-refractivity contribution < 1.29 is 4.79 Å². The first kappa shape index (κ1) is 19.2. The summed E-state index contributed by atoms with van der Waals surface area (Å²) in [5.41, 5.74) is -0.486. The van der Waals surface area contributed by atoms with Crippen molar-refractivity contribution in [2.45, 2.75) is 61.9 Å². The highest BCUT2D eigenvalue weighted by Gasteiger charge is 2.29. The third-order valence-electron chi connectivity index (χ3n) is 5.54. The molecule has 2 aromatic rings. The van der Waals surface area contributed by atoms with Crippen LogP contribution in [-0.2, 0) is 18.9 Å². The summed E-state index contributed by atoms with van der Waals surface area (Å²) < 4.78 is 2.45. The summed E-state index contributed by atoms with van der Waals surface area (Å²) in [5, 5.41) is 3.89. The molecule has 0 aliphatic heterocycles. The summed E-state index contributed by atoms with van der Waals surface area (Å²) >= 11 is 1.25. The zero-order chi connectivity index (χ0) is 19.8. The number of nitrogens with one attached hydrogen (secondary N) is 1. The molecule has 2 fully saturated rings. The minimum absolute atomic E-state index is 0.0433. The molecule has 0 aromatic carbocycles. The second-order valence-electron chi connectivity index (χ2n) is 7.76. The second-order valence-corrected chi connectivity index (χ2v) is 8.72. The van der Waals surface area contributed by atoms with Crippen LogP contribution in [0, 0.1) is 0 Å². The molecule has 150 valence electrons. The van der Waals surface area contributed by atoms with Crippen LogP contribution in [0.1, 0.15) is 56.7 Å². The second kappa shape index (κ2) is 7.69. The molecular formula is C19H25N5O3S. The van der Waals surface area contributed by atoms with Crippen LogP contribution >= 0.6 is 11.8 Å². The van der Waals surface area contributed by atoms with Crippen LogP contribution < -0.4 is 16.6 Å². The average Bonchev–Trinajstić information content (AvgIpc) is 3.54. The highest BCUT2D eigenvalue weighted by molar-refractivity contribution is 8.00. The van der Waals surface area contributed by atoms with Gasteiger partial charge in [-0.05, 0) is 25.7 Å². The van der Waals surface area contributed by atoms with E-state index in [4.69, 9.17) is 0 Å².